The second-order valence-electron chi connectivity index (χ2n) is 4.11. The Morgan fingerprint density at radius 1 is 1.42 bits per heavy atom. The molecule has 6 heteroatoms. The van der Waals surface area contributed by atoms with Gasteiger partial charge < -0.3 is 15.5 Å². The van der Waals surface area contributed by atoms with Gasteiger partial charge in [0, 0.05) is 12.2 Å². The number of aryl methyl sites for hydroxylation is 1. The van der Waals surface area contributed by atoms with Crippen molar-refractivity contribution in [2.24, 2.45) is 0 Å². The van der Waals surface area contributed by atoms with Crippen molar-refractivity contribution in [1.82, 2.24) is 5.32 Å². The van der Waals surface area contributed by atoms with Crippen molar-refractivity contribution in [2.75, 3.05) is 18.1 Å². The van der Waals surface area contributed by atoms with Gasteiger partial charge in [0.15, 0.2) is 6.04 Å². The van der Waals surface area contributed by atoms with E-state index in [1.54, 1.807) is 13.0 Å². The van der Waals surface area contributed by atoms with Crippen LogP contribution in [0.1, 0.15) is 12.5 Å². The molecule has 1 atom stereocenters. The number of carbonyl (C=O) groups is 2. The van der Waals surface area contributed by atoms with E-state index in [2.05, 4.69) is 5.32 Å². The van der Waals surface area contributed by atoms with Gasteiger partial charge in [-0.3, -0.25) is 4.90 Å². The van der Waals surface area contributed by atoms with Crippen molar-refractivity contribution >= 4 is 17.7 Å². The van der Waals surface area contributed by atoms with Crippen molar-refractivity contribution in [1.29, 1.82) is 0 Å². The third kappa shape index (κ3) is 3.96. The van der Waals surface area contributed by atoms with Crippen LogP contribution in [0.25, 0.3) is 0 Å². The number of rotatable bonds is 5. The molecule has 1 aromatic rings. The van der Waals surface area contributed by atoms with Gasteiger partial charge in [-0.05, 0) is 31.5 Å². The highest BCUT2D eigenvalue weighted by molar-refractivity contribution is 5.94. The van der Waals surface area contributed by atoms with Gasteiger partial charge in [0.1, 0.15) is 0 Å². The summed E-state index contributed by atoms with van der Waals surface area (Å²) >= 11 is 0. The molecule has 104 valence electrons. The van der Waals surface area contributed by atoms with Gasteiger partial charge in [0.2, 0.25) is 0 Å². The smallest absolute Gasteiger partial charge is 0.328 e. The molecule has 0 radical (unpaired) electrons. The molecule has 6 nitrogen and oxygen atoms in total. The molecule has 0 saturated carbocycles. The first-order valence-corrected chi connectivity index (χ1v) is 5.98. The number of hydrogen-bond donors (Lipinski definition) is 3. The Morgan fingerprint density at radius 2 is 2.11 bits per heavy atom. The summed E-state index contributed by atoms with van der Waals surface area (Å²) in [7, 11) is 0. The topological polar surface area (TPSA) is 89.9 Å². The first-order valence-electron chi connectivity index (χ1n) is 5.98. The number of carboxylic acids is 1. The normalized spacial score (nSPS) is 11.7. The fourth-order valence-corrected chi connectivity index (χ4v) is 1.65. The second kappa shape index (κ2) is 6.75. The van der Waals surface area contributed by atoms with Crippen molar-refractivity contribution in [3.8, 4) is 0 Å². The Morgan fingerprint density at radius 3 is 2.58 bits per heavy atom. The second-order valence-corrected chi connectivity index (χ2v) is 4.11. The van der Waals surface area contributed by atoms with E-state index in [9.17, 15) is 9.59 Å². The molecular formula is C13H18N2O4. The van der Waals surface area contributed by atoms with Gasteiger partial charge in [0.05, 0.1) is 6.61 Å². The van der Waals surface area contributed by atoms with Crippen LogP contribution in [0.15, 0.2) is 24.3 Å². The van der Waals surface area contributed by atoms with E-state index < -0.39 is 24.6 Å². The summed E-state index contributed by atoms with van der Waals surface area (Å²) in [5.74, 6) is -1.27. The predicted octanol–water partition coefficient (Wildman–Crippen LogP) is 0.976. The number of carboxylic acid groups (broad SMARTS) is 1. The van der Waals surface area contributed by atoms with Gasteiger partial charge >= 0.3 is 12.0 Å². The lowest BCUT2D eigenvalue weighted by atomic mass is 10.2. The Kier molecular flexibility index (Phi) is 5.32. The Balaban J connectivity index is 2.85. The number of aliphatic hydroxyl groups is 1. The van der Waals surface area contributed by atoms with Crippen LogP contribution in [0.4, 0.5) is 10.5 Å². The minimum absolute atomic E-state index is 0.396. The number of amides is 2. The molecule has 0 spiro atoms. The molecule has 2 amide bonds. The van der Waals surface area contributed by atoms with Crippen LogP contribution in [0.3, 0.4) is 0 Å². The number of urea groups is 1. The fraction of sp³-hybridized carbons (Fsp3) is 0.385. The highest BCUT2D eigenvalue weighted by Crippen LogP contribution is 2.15. The zero-order valence-corrected chi connectivity index (χ0v) is 11.0. The molecule has 3 N–H and O–H groups in total. The van der Waals surface area contributed by atoms with E-state index in [0.29, 0.717) is 12.2 Å². The molecule has 0 aliphatic rings. The SMILES string of the molecule is CCN(C(=O)N[C@H](CO)C(=O)O)c1cccc(C)c1. The van der Waals surface area contributed by atoms with E-state index in [4.69, 9.17) is 10.2 Å². The molecule has 0 aliphatic carbocycles. The molecule has 1 aromatic carbocycles. The molecule has 0 aliphatic heterocycles. The van der Waals surface area contributed by atoms with Crippen LogP contribution >= 0.6 is 0 Å². The lowest BCUT2D eigenvalue weighted by Crippen LogP contribution is -2.49. The van der Waals surface area contributed by atoms with Crippen molar-refractivity contribution in [3.63, 3.8) is 0 Å². The number of anilines is 1. The van der Waals surface area contributed by atoms with E-state index in [0.717, 1.165) is 5.56 Å². The van der Waals surface area contributed by atoms with Crippen LogP contribution in [-0.2, 0) is 4.79 Å². The van der Waals surface area contributed by atoms with Crippen molar-refractivity contribution in [3.05, 3.63) is 29.8 Å². The fourth-order valence-electron chi connectivity index (χ4n) is 1.65. The molecule has 19 heavy (non-hydrogen) atoms. The molecule has 1 rings (SSSR count). The minimum Gasteiger partial charge on any atom is -0.480 e. The van der Waals surface area contributed by atoms with E-state index in [1.165, 1.54) is 4.90 Å². The van der Waals surface area contributed by atoms with Gasteiger partial charge in [0.25, 0.3) is 0 Å². The number of nitrogens with zero attached hydrogens (tertiary/aromatic N) is 1. The summed E-state index contributed by atoms with van der Waals surface area (Å²) in [6, 6.07) is 5.48. The van der Waals surface area contributed by atoms with E-state index in [-0.39, 0.29) is 0 Å². The summed E-state index contributed by atoms with van der Waals surface area (Å²) in [4.78, 5) is 24.2. The van der Waals surface area contributed by atoms with Crippen LogP contribution < -0.4 is 10.2 Å². The first-order chi connectivity index (χ1) is 8.99. The minimum atomic E-state index is -1.30. The first kappa shape index (κ1) is 15.0. The predicted molar refractivity (Wildman–Crippen MR) is 71.2 cm³/mol. The molecule has 0 unspecified atom stereocenters. The summed E-state index contributed by atoms with van der Waals surface area (Å²) in [5, 5.41) is 20.0. The number of aliphatic hydroxyl groups excluding tert-OH is 1. The average molecular weight is 266 g/mol. The van der Waals surface area contributed by atoms with E-state index in [1.807, 2.05) is 25.1 Å². The lowest BCUT2D eigenvalue weighted by Gasteiger charge is -2.23. The summed E-state index contributed by atoms with van der Waals surface area (Å²) < 4.78 is 0. The summed E-state index contributed by atoms with van der Waals surface area (Å²) in [6.07, 6.45) is 0. The quantitative estimate of drug-likeness (QED) is 0.741. The van der Waals surface area contributed by atoms with E-state index >= 15 is 0 Å². The average Bonchev–Trinajstić information content (AvgIpc) is 2.36. The number of hydrogen-bond acceptors (Lipinski definition) is 3. The molecule has 0 heterocycles. The number of carbonyl (C=O) groups excluding carboxylic acids is 1. The molecule has 0 bridgehead atoms. The lowest BCUT2D eigenvalue weighted by molar-refractivity contribution is -0.140. The van der Waals surface area contributed by atoms with Crippen LogP contribution in [0.5, 0.6) is 0 Å². The Labute approximate surface area is 111 Å². The zero-order valence-electron chi connectivity index (χ0n) is 11.0. The molecule has 0 aromatic heterocycles. The third-order valence-electron chi connectivity index (χ3n) is 2.65. The van der Waals surface area contributed by atoms with Crippen LogP contribution in [-0.4, -0.2) is 41.4 Å². The van der Waals surface area contributed by atoms with Crippen molar-refractivity contribution in [2.45, 2.75) is 19.9 Å². The number of benzene rings is 1. The highest BCUT2D eigenvalue weighted by Gasteiger charge is 2.22. The maximum Gasteiger partial charge on any atom is 0.328 e. The maximum absolute atomic E-state index is 12.0. The molecule has 0 fully saturated rings. The summed E-state index contributed by atoms with van der Waals surface area (Å²) in [6.45, 7) is 3.44. The standard InChI is InChI=1S/C13H18N2O4/c1-3-15(10-6-4-5-9(2)7-10)13(19)14-11(8-16)12(17)18/h4-7,11,16H,3,8H2,1-2H3,(H,14,19)(H,17,18)/t11-/m1/s1. The van der Waals surface area contributed by atoms with Crippen LogP contribution in [0, 0.1) is 6.92 Å². The van der Waals surface area contributed by atoms with Gasteiger partial charge in [-0.25, -0.2) is 9.59 Å². The number of aliphatic carboxylic acids is 1. The van der Waals surface area contributed by atoms with Gasteiger partial charge in [-0.15, -0.1) is 0 Å². The maximum atomic E-state index is 12.0. The highest BCUT2D eigenvalue weighted by atomic mass is 16.4. The van der Waals surface area contributed by atoms with Crippen molar-refractivity contribution < 1.29 is 19.8 Å². The third-order valence-corrected chi connectivity index (χ3v) is 2.65. The molecule has 0 saturated heterocycles. The molecular weight excluding hydrogens is 248 g/mol. The zero-order chi connectivity index (χ0) is 14.4. The summed E-state index contributed by atoms with van der Waals surface area (Å²) in [5.41, 5.74) is 1.68. The number of nitrogens with one attached hydrogen (secondary N) is 1. The Hall–Kier alpha value is -2.08. The monoisotopic (exact) mass is 266 g/mol. The van der Waals surface area contributed by atoms with Gasteiger partial charge in [-0.1, -0.05) is 12.1 Å². The van der Waals surface area contributed by atoms with Crippen LogP contribution in [0.2, 0.25) is 0 Å². The largest absolute Gasteiger partial charge is 0.480 e. The van der Waals surface area contributed by atoms with Gasteiger partial charge in [-0.2, -0.15) is 0 Å². The Bertz CT molecular complexity index is 462.